The van der Waals surface area contributed by atoms with Crippen LogP contribution in [0.3, 0.4) is 0 Å². The van der Waals surface area contributed by atoms with Crippen LogP contribution in [0.5, 0.6) is 0 Å². The number of Topliss-reactive ketones (excluding diaryl/α,β-unsaturated/α-hetero) is 1. The van der Waals surface area contributed by atoms with E-state index in [9.17, 15) is 45.3 Å². The zero-order chi connectivity index (χ0) is 28.3. The molecule has 1 aliphatic heterocycles. The zero-order valence-corrected chi connectivity index (χ0v) is 22.6. The molecule has 0 unspecified atom stereocenters. The Balaban J connectivity index is 1.57. The standard InChI is InChI=1S/C28H42O10/c1-14-10-21(38-22(33)15(14)13-29)25(4,34)27(36)12-20(32)28(37)17-11-19(31)26(35)8-5-6-18(30)24(26,3)16(17)7-9-23(27,28)2/h16-17,19-21,29,31-32,34-37H,5-13H2,1-4H3/t16-,17+,19+,20-,21+,23+,24-,25-,26-,27-,28-/m0/s1. The van der Waals surface area contributed by atoms with Crippen LogP contribution in [0, 0.1) is 22.7 Å². The molecule has 0 spiro atoms. The molecule has 7 N–H and O–H groups in total. The number of carbonyl (C=O) groups is 2. The van der Waals surface area contributed by atoms with Crippen molar-refractivity contribution in [1.82, 2.24) is 0 Å². The van der Waals surface area contributed by atoms with Crippen molar-refractivity contribution in [3.8, 4) is 0 Å². The van der Waals surface area contributed by atoms with E-state index in [0.29, 0.717) is 18.4 Å². The largest absolute Gasteiger partial charge is 0.455 e. The Morgan fingerprint density at radius 2 is 1.71 bits per heavy atom. The fraction of sp³-hybridized carbons (Fsp3) is 0.857. The topological polar surface area (TPSA) is 185 Å². The highest BCUT2D eigenvalue weighted by Crippen LogP contribution is 2.71. The molecule has 4 saturated carbocycles. The Kier molecular flexibility index (Phi) is 6.16. The highest BCUT2D eigenvalue weighted by molar-refractivity contribution is 5.90. The molecule has 5 rings (SSSR count). The number of aliphatic hydroxyl groups excluding tert-OH is 3. The molecule has 11 atom stereocenters. The number of esters is 1. The average molecular weight is 539 g/mol. The molecule has 214 valence electrons. The summed E-state index contributed by atoms with van der Waals surface area (Å²) >= 11 is 0. The van der Waals surface area contributed by atoms with Crippen LogP contribution in [-0.4, -0.2) is 94.8 Å². The number of hydrogen-bond acceptors (Lipinski definition) is 10. The van der Waals surface area contributed by atoms with Gasteiger partial charge in [0.1, 0.15) is 34.3 Å². The highest BCUT2D eigenvalue weighted by Gasteiger charge is 2.81. The fourth-order valence-electron chi connectivity index (χ4n) is 9.53. The molecule has 0 radical (unpaired) electrons. The minimum absolute atomic E-state index is 0.0475. The quantitative estimate of drug-likeness (QED) is 0.239. The number of rotatable bonds is 3. The Morgan fingerprint density at radius 3 is 2.32 bits per heavy atom. The smallest absolute Gasteiger partial charge is 0.336 e. The minimum atomic E-state index is -2.13. The van der Waals surface area contributed by atoms with Gasteiger partial charge in [0.25, 0.3) is 0 Å². The lowest BCUT2D eigenvalue weighted by Gasteiger charge is -2.67. The van der Waals surface area contributed by atoms with Crippen molar-refractivity contribution in [3.05, 3.63) is 11.1 Å². The summed E-state index contributed by atoms with van der Waals surface area (Å²) in [5.41, 5.74) is -10.2. The second kappa shape index (κ2) is 8.31. The molecule has 0 aromatic rings. The van der Waals surface area contributed by atoms with E-state index in [0.717, 1.165) is 0 Å². The molecular formula is C28H42O10. The van der Waals surface area contributed by atoms with Crippen LogP contribution < -0.4 is 0 Å². The van der Waals surface area contributed by atoms with E-state index in [1.165, 1.54) is 6.92 Å². The Morgan fingerprint density at radius 1 is 1.05 bits per heavy atom. The van der Waals surface area contributed by atoms with Crippen LogP contribution in [0.15, 0.2) is 11.1 Å². The third-order valence-corrected chi connectivity index (χ3v) is 12.1. The second-order valence-corrected chi connectivity index (χ2v) is 13.3. The van der Waals surface area contributed by atoms with Crippen LogP contribution in [0.1, 0.15) is 79.1 Å². The van der Waals surface area contributed by atoms with Crippen molar-refractivity contribution in [2.24, 2.45) is 22.7 Å². The lowest BCUT2D eigenvalue weighted by Crippen LogP contribution is -2.77. The molecule has 5 aliphatic rings. The molecule has 38 heavy (non-hydrogen) atoms. The Hall–Kier alpha value is -1.40. The monoisotopic (exact) mass is 538 g/mol. The van der Waals surface area contributed by atoms with Gasteiger partial charge in [-0.2, -0.15) is 0 Å². The maximum absolute atomic E-state index is 13.3. The number of fused-ring (bicyclic) bond motifs is 5. The Labute approximate surface area is 222 Å². The summed E-state index contributed by atoms with van der Waals surface area (Å²) in [7, 11) is 0. The van der Waals surface area contributed by atoms with Gasteiger partial charge in [-0.25, -0.2) is 4.79 Å². The van der Waals surface area contributed by atoms with Gasteiger partial charge in [-0.05, 0) is 64.7 Å². The average Bonchev–Trinajstić information content (AvgIpc) is 3.00. The fourth-order valence-corrected chi connectivity index (χ4v) is 9.53. The van der Waals surface area contributed by atoms with Crippen molar-refractivity contribution in [2.45, 2.75) is 120 Å². The number of ether oxygens (including phenoxy) is 1. The third kappa shape index (κ3) is 2.97. The van der Waals surface area contributed by atoms with Gasteiger partial charge in [-0.15, -0.1) is 0 Å². The molecule has 4 aliphatic carbocycles. The molecule has 4 fully saturated rings. The van der Waals surface area contributed by atoms with Crippen LogP contribution in [0.25, 0.3) is 0 Å². The van der Waals surface area contributed by atoms with Crippen LogP contribution >= 0.6 is 0 Å². The summed E-state index contributed by atoms with van der Waals surface area (Å²) in [4.78, 5) is 25.9. The van der Waals surface area contributed by atoms with E-state index in [-0.39, 0.29) is 43.5 Å². The molecule has 0 saturated heterocycles. The van der Waals surface area contributed by atoms with Crippen molar-refractivity contribution < 1.29 is 50.1 Å². The Bertz CT molecular complexity index is 1090. The van der Waals surface area contributed by atoms with E-state index >= 15 is 0 Å². The van der Waals surface area contributed by atoms with Gasteiger partial charge in [-0.1, -0.05) is 12.5 Å². The summed E-state index contributed by atoms with van der Waals surface area (Å²) in [5.74, 6) is -2.39. The van der Waals surface area contributed by atoms with Crippen molar-refractivity contribution >= 4 is 11.8 Å². The number of hydrogen-bond donors (Lipinski definition) is 7. The van der Waals surface area contributed by atoms with E-state index in [1.54, 1.807) is 20.8 Å². The summed E-state index contributed by atoms with van der Waals surface area (Å²) in [6.45, 7) is 5.70. The molecule has 10 heteroatoms. The first-order valence-electron chi connectivity index (χ1n) is 13.8. The SMILES string of the molecule is CC1=C(CO)C(=O)O[C@@H]([C@](C)(O)[C@]2(O)C[C@H](O)[C@@]3(O)[C@@H]4C[C@@H](O)[C@@]5(O)CCCC(=O)[C@]5(C)[C@H]4CC[C@@]32C)C1. The van der Waals surface area contributed by atoms with Gasteiger partial charge >= 0.3 is 5.97 Å². The van der Waals surface area contributed by atoms with Gasteiger partial charge in [0.05, 0.1) is 29.8 Å². The summed E-state index contributed by atoms with van der Waals surface area (Å²) in [6.07, 6.45) is -3.13. The highest BCUT2D eigenvalue weighted by atomic mass is 16.6. The van der Waals surface area contributed by atoms with Crippen molar-refractivity contribution in [2.75, 3.05) is 6.61 Å². The van der Waals surface area contributed by atoms with Gasteiger partial charge < -0.3 is 40.5 Å². The molecule has 0 bridgehead atoms. The molecule has 0 amide bonds. The maximum Gasteiger partial charge on any atom is 0.336 e. The number of ketones is 1. The van der Waals surface area contributed by atoms with Crippen LogP contribution in [-0.2, 0) is 14.3 Å². The second-order valence-electron chi connectivity index (χ2n) is 13.3. The van der Waals surface area contributed by atoms with E-state index in [1.807, 2.05) is 0 Å². The zero-order valence-electron chi connectivity index (χ0n) is 22.6. The first kappa shape index (κ1) is 28.1. The summed E-state index contributed by atoms with van der Waals surface area (Å²) < 4.78 is 5.49. The predicted molar refractivity (Wildman–Crippen MR) is 132 cm³/mol. The van der Waals surface area contributed by atoms with Gasteiger partial charge in [-0.3, -0.25) is 4.79 Å². The number of carbonyl (C=O) groups excluding carboxylic acids is 2. The number of cyclic esters (lactones) is 1. The van der Waals surface area contributed by atoms with E-state index in [2.05, 4.69) is 0 Å². The first-order valence-corrected chi connectivity index (χ1v) is 13.8. The molecule has 0 aromatic carbocycles. The predicted octanol–water partition coefficient (Wildman–Crippen LogP) is -0.124. The molecule has 0 aromatic heterocycles. The molecular weight excluding hydrogens is 496 g/mol. The van der Waals surface area contributed by atoms with E-state index in [4.69, 9.17) is 4.74 Å². The molecule has 1 heterocycles. The maximum atomic E-state index is 13.3. The first-order chi connectivity index (χ1) is 17.5. The lowest BCUT2D eigenvalue weighted by atomic mass is 9.40. The van der Waals surface area contributed by atoms with Crippen molar-refractivity contribution in [1.29, 1.82) is 0 Å². The van der Waals surface area contributed by atoms with Crippen molar-refractivity contribution in [3.63, 3.8) is 0 Å². The van der Waals surface area contributed by atoms with Gasteiger partial charge in [0, 0.05) is 24.7 Å². The van der Waals surface area contributed by atoms with Crippen LogP contribution in [0.4, 0.5) is 0 Å². The van der Waals surface area contributed by atoms with Gasteiger partial charge in [0.2, 0.25) is 0 Å². The normalized spacial score (nSPS) is 52.6. The van der Waals surface area contributed by atoms with E-state index < -0.39 is 82.4 Å². The van der Waals surface area contributed by atoms with Gasteiger partial charge in [0.15, 0.2) is 0 Å². The minimum Gasteiger partial charge on any atom is -0.455 e. The molecule has 10 nitrogen and oxygen atoms in total. The third-order valence-electron chi connectivity index (χ3n) is 12.1. The summed E-state index contributed by atoms with van der Waals surface area (Å²) in [6, 6.07) is 0. The van der Waals surface area contributed by atoms with Crippen LogP contribution in [0.2, 0.25) is 0 Å². The number of aliphatic hydroxyl groups is 7. The lowest BCUT2D eigenvalue weighted by molar-refractivity contribution is -0.310. The summed E-state index contributed by atoms with van der Waals surface area (Å²) in [5, 5.41) is 80.4.